The number of anilines is 1. The van der Waals surface area contributed by atoms with Crippen molar-refractivity contribution in [2.45, 2.75) is 18.4 Å². The van der Waals surface area contributed by atoms with Gasteiger partial charge in [0.2, 0.25) is 0 Å². The third kappa shape index (κ3) is 5.43. The van der Waals surface area contributed by atoms with Gasteiger partial charge in [-0.25, -0.2) is 4.98 Å². The first-order valence-corrected chi connectivity index (χ1v) is 10.8. The van der Waals surface area contributed by atoms with E-state index < -0.39 is 12.0 Å². The molecule has 1 aliphatic rings. The van der Waals surface area contributed by atoms with E-state index in [1.54, 1.807) is 48.4 Å². The minimum Gasteiger partial charge on any atom is -0.489 e. The van der Waals surface area contributed by atoms with Gasteiger partial charge < -0.3 is 30.6 Å². The van der Waals surface area contributed by atoms with Crippen molar-refractivity contribution in [2.24, 2.45) is 18.7 Å². The highest BCUT2D eigenvalue weighted by Gasteiger charge is 2.41. The van der Waals surface area contributed by atoms with E-state index in [2.05, 4.69) is 9.72 Å². The van der Waals surface area contributed by atoms with Gasteiger partial charge in [0.1, 0.15) is 23.7 Å². The molecule has 0 fully saturated rings. The number of allylic oxidation sites excluding steroid dienone is 2. The van der Waals surface area contributed by atoms with E-state index >= 15 is 0 Å². The maximum Gasteiger partial charge on any atom is 0.573 e. The normalized spacial score (nSPS) is 17.5. The molecule has 3 aromatic rings. The van der Waals surface area contributed by atoms with Gasteiger partial charge in [0.15, 0.2) is 0 Å². The number of halogens is 3. The van der Waals surface area contributed by atoms with Crippen LogP contribution in [0.4, 0.5) is 18.9 Å². The van der Waals surface area contributed by atoms with Gasteiger partial charge in [-0.3, -0.25) is 0 Å². The molecule has 0 spiro atoms. The lowest BCUT2D eigenvalue weighted by Crippen LogP contribution is -2.42. The Labute approximate surface area is 200 Å². The zero-order chi connectivity index (χ0) is 25.2. The minimum atomic E-state index is -4.78. The molecule has 0 radical (unpaired) electrons. The van der Waals surface area contributed by atoms with Crippen molar-refractivity contribution >= 4 is 5.69 Å². The Morgan fingerprint density at radius 1 is 1.14 bits per heavy atom. The number of ether oxygens (including phenoxy) is 2. The Balaban J connectivity index is 1.63. The third-order valence-corrected chi connectivity index (χ3v) is 5.85. The fourth-order valence-corrected chi connectivity index (χ4v) is 4.06. The van der Waals surface area contributed by atoms with Crippen molar-refractivity contribution < 1.29 is 27.8 Å². The SMILES string of the molecule is Cn1cncc1[C@](O)(COc1ccc(N)cc1-c1ccc(OC(F)(F)F)cc1)C1C=CC(N)=CC1. The summed E-state index contributed by atoms with van der Waals surface area (Å²) in [5.41, 5.74) is 13.1. The van der Waals surface area contributed by atoms with Crippen LogP contribution in [0.5, 0.6) is 11.5 Å². The summed E-state index contributed by atoms with van der Waals surface area (Å²) in [5, 5.41) is 11.8. The van der Waals surface area contributed by atoms with E-state index in [4.69, 9.17) is 16.2 Å². The van der Waals surface area contributed by atoms with Crippen LogP contribution in [0.2, 0.25) is 0 Å². The largest absolute Gasteiger partial charge is 0.573 e. The first-order valence-electron chi connectivity index (χ1n) is 10.8. The quantitative estimate of drug-likeness (QED) is 0.431. The maximum absolute atomic E-state index is 12.5. The first kappa shape index (κ1) is 24.2. The molecule has 1 aromatic heterocycles. The fraction of sp³-hybridized carbons (Fsp3) is 0.240. The summed E-state index contributed by atoms with van der Waals surface area (Å²) < 4.78 is 49.3. The van der Waals surface area contributed by atoms with Crippen LogP contribution in [0.25, 0.3) is 11.1 Å². The van der Waals surface area contributed by atoms with Crippen molar-refractivity contribution in [1.82, 2.24) is 9.55 Å². The average molecular weight is 486 g/mol. The van der Waals surface area contributed by atoms with Gasteiger partial charge in [0, 0.05) is 29.9 Å². The number of nitrogen functional groups attached to an aromatic ring is 1. The van der Waals surface area contributed by atoms with Crippen LogP contribution in [0.1, 0.15) is 12.1 Å². The molecular formula is C25H25F3N4O3. The predicted molar refractivity (Wildman–Crippen MR) is 125 cm³/mol. The smallest absolute Gasteiger partial charge is 0.489 e. The van der Waals surface area contributed by atoms with Crippen molar-refractivity contribution in [3.63, 3.8) is 0 Å². The van der Waals surface area contributed by atoms with Gasteiger partial charge in [0.05, 0.1) is 18.2 Å². The zero-order valence-corrected chi connectivity index (χ0v) is 18.9. The van der Waals surface area contributed by atoms with Crippen LogP contribution in [-0.4, -0.2) is 27.6 Å². The highest BCUT2D eigenvalue weighted by Crippen LogP contribution is 2.38. The Morgan fingerprint density at radius 3 is 2.49 bits per heavy atom. The highest BCUT2D eigenvalue weighted by atomic mass is 19.4. The van der Waals surface area contributed by atoms with Crippen LogP contribution in [0, 0.1) is 5.92 Å². The molecule has 1 heterocycles. The summed E-state index contributed by atoms with van der Waals surface area (Å²) in [6, 6.07) is 10.3. The Kier molecular flexibility index (Phi) is 6.49. The third-order valence-electron chi connectivity index (χ3n) is 5.85. The summed E-state index contributed by atoms with van der Waals surface area (Å²) in [5.74, 6) is -0.269. The van der Waals surface area contributed by atoms with Crippen molar-refractivity contribution in [3.8, 4) is 22.6 Å². The molecule has 0 amide bonds. The van der Waals surface area contributed by atoms with E-state index in [-0.39, 0.29) is 18.3 Å². The van der Waals surface area contributed by atoms with Crippen molar-refractivity contribution in [2.75, 3.05) is 12.3 Å². The number of hydrogen-bond donors (Lipinski definition) is 3. The number of nitrogens with zero attached hydrogens (tertiary/aromatic N) is 2. The van der Waals surface area contributed by atoms with E-state index in [0.29, 0.717) is 40.4 Å². The highest BCUT2D eigenvalue weighted by molar-refractivity contribution is 5.74. The topological polar surface area (TPSA) is 109 Å². The molecule has 4 rings (SSSR count). The fourth-order valence-electron chi connectivity index (χ4n) is 4.06. The molecule has 2 aromatic carbocycles. The van der Waals surface area contributed by atoms with Gasteiger partial charge in [-0.1, -0.05) is 24.3 Å². The second-order valence-corrected chi connectivity index (χ2v) is 8.34. The van der Waals surface area contributed by atoms with Gasteiger partial charge in [-0.15, -0.1) is 13.2 Å². The summed E-state index contributed by atoms with van der Waals surface area (Å²) in [7, 11) is 1.78. The van der Waals surface area contributed by atoms with Crippen molar-refractivity contribution in [1.29, 1.82) is 0 Å². The number of imidazole rings is 1. The monoisotopic (exact) mass is 486 g/mol. The lowest BCUT2D eigenvalue weighted by atomic mass is 9.80. The number of hydrogen-bond acceptors (Lipinski definition) is 6. The number of aromatic nitrogens is 2. The number of aryl methyl sites for hydroxylation is 1. The van der Waals surface area contributed by atoms with Crippen LogP contribution >= 0.6 is 0 Å². The Bertz CT molecular complexity index is 1250. The number of nitrogens with two attached hydrogens (primary N) is 2. The predicted octanol–water partition coefficient (Wildman–Crippen LogP) is 4.25. The summed E-state index contributed by atoms with van der Waals surface area (Å²) in [6.07, 6.45) is 4.33. The van der Waals surface area contributed by atoms with Crippen LogP contribution < -0.4 is 20.9 Å². The molecule has 10 heteroatoms. The van der Waals surface area contributed by atoms with Crippen LogP contribution in [-0.2, 0) is 12.6 Å². The maximum atomic E-state index is 12.5. The number of aliphatic hydroxyl groups is 1. The Hall–Kier alpha value is -3.92. The van der Waals surface area contributed by atoms with Crippen LogP contribution in [0.3, 0.4) is 0 Å². The molecule has 35 heavy (non-hydrogen) atoms. The van der Waals surface area contributed by atoms with Crippen LogP contribution in [0.15, 0.2) is 78.9 Å². The number of alkyl halides is 3. The lowest BCUT2D eigenvalue weighted by molar-refractivity contribution is -0.274. The Morgan fingerprint density at radius 2 is 1.89 bits per heavy atom. The molecule has 0 saturated carbocycles. The minimum absolute atomic E-state index is 0.124. The standard InChI is InChI=1S/C25H25F3N4O3/c1-32-15-31-13-23(32)24(33,17-4-6-18(29)7-5-17)14-34-22-11-8-19(30)12-21(22)16-2-9-20(10-3-16)35-25(26,27)28/h2-4,6-13,15,17,33H,5,14,29-30H2,1H3/t17?,24-/m0/s1. The molecule has 2 atom stereocenters. The first-order chi connectivity index (χ1) is 16.5. The average Bonchev–Trinajstić information content (AvgIpc) is 3.24. The van der Waals surface area contributed by atoms with Gasteiger partial charge in [-0.2, -0.15) is 0 Å². The molecule has 184 valence electrons. The van der Waals surface area contributed by atoms with E-state index in [1.807, 2.05) is 12.2 Å². The zero-order valence-electron chi connectivity index (χ0n) is 18.9. The van der Waals surface area contributed by atoms with Gasteiger partial charge >= 0.3 is 6.36 Å². The molecular weight excluding hydrogens is 461 g/mol. The summed E-state index contributed by atoms with van der Waals surface area (Å²) >= 11 is 0. The summed E-state index contributed by atoms with van der Waals surface area (Å²) in [4.78, 5) is 4.14. The summed E-state index contributed by atoms with van der Waals surface area (Å²) in [6.45, 7) is -0.124. The molecule has 5 N–H and O–H groups in total. The number of rotatable bonds is 7. The molecule has 0 bridgehead atoms. The molecule has 1 aliphatic carbocycles. The van der Waals surface area contributed by atoms with Crippen molar-refractivity contribution in [3.05, 3.63) is 84.6 Å². The van der Waals surface area contributed by atoms with E-state index in [0.717, 1.165) is 0 Å². The number of benzene rings is 2. The van der Waals surface area contributed by atoms with E-state index in [9.17, 15) is 18.3 Å². The molecule has 1 unspecified atom stereocenters. The van der Waals surface area contributed by atoms with Gasteiger partial charge in [0.25, 0.3) is 0 Å². The van der Waals surface area contributed by atoms with Gasteiger partial charge in [-0.05, 0) is 48.4 Å². The molecule has 0 saturated heterocycles. The molecule has 7 nitrogen and oxygen atoms in total. The second kappa shape index (κ2) is 9.38. The molecule has 0 aliphatic heterocycles. The second-order valence-electron chi connectivity index (χ2n) is 8.34. The lowest BCUT2D eigenvalue weighted by Gasteiger charge is -2.35. The van der Waals surface area contributed by atoms with E-state index in [1.165, 1.54) is 24.3 Å².